The van der Waals surface area contributed by atoms with Crippen LogP contribution in [-0.2, 0) is 0 Å². The Balaban J connectivity index is 2.33. The summed E-state index contributed by atoms with van der Waals surface area (Å²) in [6.45, 7) is 0.851. The molecule has 0 aromatic heterocycles. The molecule has 4 heteroatoms. The lowest BCUT2D eigenvalue weighted by atomic mass is 9.85. The summed E-state index contributed by atoms with van der Waals surface area (Å²) in [7, 11) is 3.59. The molecule has 0 aliphatic heterocycles. The Morgan fingerprint density at radius 3 is 2.50 bits per heavy atom. The predicted octanol–water partition coefficient (Wildman–Crippen LogP) is 1.47. The third kappa shape index (κ3) is 4.84. The number of urea groups is 1. The van der Waals surface area contributed by atoms with Crippen molar-refractivity contribution in [2.75, 3.05) is 20.6 Å². The standard InChI is InChI=1S/C12H25N3O/c1-13-9-11(15-12(16)14-2)8-10-6-4-3-5-7-10/h10-11,13H,3-9H2,1-2H3,(H2,14,15,16)/t11-/m0/s1. The van der Waals surface area contributed by atoms with Crippen molar-refractivity contribution in [3.63, 3.8) is 0 Å². The van der Waals surface area contributed by atoms with Gasteiger partial charge in [0.1, 0.15) is 0 Å². The zero-order valence-corrected chi connectivity index (χ0v) is 10.5. The van der Waals surface area contributed by atoms with Crippen LogP contribution in [0.25, 0.3) is 0 Å². The van der Waals surface area contributed by atoms with Crippen molar-refractivity contribution >= 4 is 6.03 Å². The van der Waals surface area contributed by atoms with E-state index >= 15 is 0 Å². The molecule has 0 aromatic carbocycles. The molecule has 2 amide bonds. The van der Waals surface area contributed by atoms with Gasteiger partial charge in [-0.1, -0.05) is 32.1 Å². The highest BCUT2D eigenvalue weighted by Gasteiger charge is 2.19. The molecule has 0 heterocycles. The van der Waals surface area contributed by atoms with Crippen molar-refractivity contribution < 1.29 is 4.79 Å². The van der Waals surface area contributed by atoms with Crippen LogP contribution >= 0.6 is 0 Å². The summed E-state index contributed by atoms with van der Waals surface area (Å²) in [5.41, 5.74) is 0. The second kappa shape index (κ2) is 7.49. The summed E-state index contributed by atoms with van der Waals surface area (Å²) >= 11 is 0. The lowest BCUT2D eigenvalue weighted by Crippen LogP contribution is -2.46. The minimum Gasteiger partial charge on any atom is -0.341 e. The quantitative estimate of drug-likeness (QED) is 0.666. The first kappa shape index (κ1) is 13.3. The fourth-order valence-electron chi connectivity index (χ4n) is 2.52. The van der Waals surface area contributed by atoms with Gasteiger partial charge in [0.25, 0.3) is 0 Å². The van der Waals surface area contributed by atoms with Gasteiger partial charge in [0, 0.05) is 19.6 Å². The SMILES string of the molecule is CNC[C@H](CC1CCCCC1)NC(=O)NC. The third-order valence-corrected chi connectivity index (χ3v) is 3.36. The Bertz CT molecular complexity index is 202. The molecule has 4 nitrogen and oxygen atoms in total. The van der Waals surface area contributed by atoms with Crippen LogP contribution in [-0.4, -0.2) is 32.7 Å². The molecule has 0 unspecified atom stereocenters. The van der Waals surface area contributed by atoms with E-state index in [1.165, 1.54) is 32.1 Å². The van der Waals surface area contributed by atoms with Crippen LogP contribution in [0.1, 0.15) is 38.5 Å². The summed E-state index contributed by atoms with van der Waals surface area (Å²) in [5.74, 6) is 0.796. The molecule has 1 atom stereocenters. The van der Waals surface area contributed by atoms with Gasteiger partial charge in [-0.15, -0.1) is 0 Å². The second-order valence-corrected chi connectivity index (χ2v) is 4.72. The number of carbonyl (C=O) groups excluding carboxylic acids is 1. The Morgan fingerprint density at radius 2 is 1.94 bits per heavy atom. The molecule has 3 N–H and O–H groups in total. The molecule has 0 spiro atoms. The molecule has 1 aliphatic rings. The summed E-state index contributed by atoms with van der Waals surface area (Å²) in [6.07, 6.45) is 7.86. The van der Waals surface area contributed by atoms with Gasteiger partial charge in [0.2, 0.25) is 0 Å². The molecular formula is C12H25N3O. The number of amides is 2. The van der Waals surface area contributed by atoms with Gasteiger partial charge in [-0.2, -0.15) is 0 Å². The van der Waals surface area contributed by atoms with Gasteiger partial charge in [-0.05, 0) is 19.4 Å². The van der Waals surface area contributed by atoms with Crippen molar-refractivity contribution in [2.45, 2.75) is 44.6 Å². The van der Waals surface area contributed by atoms with Crippen LogP contribution < -0.4 is 16.0 Å². The van der Waals surface area contributed by atoms with E-state index < -0.39 is 0 Å². The molecular weight excluding hydrogens is 202 g/mol. The molecule has 1 aliphatic carbocycles. The summed E-state index contributed by atoms with van der Waals surface area (Å²) < 4.78 is 0. The molecule has 0 saturated heterocycles. The lowest BCUT2D eigenvalue weighted by Gasteiger charge is -2.27. The van der Waals surface area contributed by atoms with Crippen molar-refractivity contribution in [1.82, 2.24) is 16.0 Å². The summed E-state index contributed by atoms with van der Waals surface area (Å²) in [6, 6.07) is 0.184. The Morgan fingerprint density at radius 1 is 1.25 bits per heavy atom. The number of likely N-dealkylation sites (N-methyl/N-ethyl adjacent to an activating group) is 1. The molecule has 1 saturated carbocycles. The van der Waals surface area contributed by atoms with Crippen LogP contribution in [0.2, 0.25) is 0 Å². The first-order valence-corrected chi connectivity index (χ1v) is 6.39. The van der Waals surface area contributed by atoms with Crippen molar-refractivity contribution in [3.05, 3.63) is 0 Å². The van der Waals surface area contributed by atoms with Crippen molar-refractivity contribution in [3.8, 4) is 0 Å². The predicted molar refractivity (Wildman–Crippen MR) is 66.5 cm³/mol. The Kier molecular flexibility index (Phi) is 6.23. The fourth-order valence-corrected chi connectivity index (χ4v) is 2.52. The van der Waals surface area contributed by atoms with Crippen LogP contribution in [0.3, 0.4) is 0 Å². The van der Waals surface area contributed by atoms with E-state index in [1.54, 1.807) is 7.05 Å². The molecule has 16 heavy (non-hydrogen) atoms. The fraction of sp³-hybridized carbons (Fsp3) is 0.917. The minimum absolute atomic E-state index is 0.0731. The summed E-state index contributed by atoms with van der Waals surface area (Å²) in [4.78, 5) is 11.3. The average Bonchev–Trinajstić information content (AvgIpc) is 2.30. The smallest absolute Gasteiger partial charge is 0.314 e. The van der Waals surface area contributed by atoms with E-state index in [0.717, 1.165) is 18.9 Å². The number of rotatable bonds is 5. The number of hydrogen-bond donors (Lipinski definition) is 3. The maximum Gasteiger partial charge on any atom is 0.314 e. The van der Waals surface area contributed by atoms with Crippen LogP contribution in [0.5, 0.6) is 0 Å². The molecule has 0 aromatic rings. The van der Waals surface area contributed by atoms with Crippen molar-refractivity contribution in [1.29, 1.82) is 0 Å². The first-order chi connectivity index (χ1) is 7.76. The molecule has 1 fully saturated rings. The number of nitrogens with one attached hydrogen (secondary N) is 3. The normalized spacial score (nSPS) is 19.1. The van der Waals surface area contributed by atoms with Gasteiger partial charge in [0.15, 0.2) is 0 Å². The molecule has 0 bridgehead atoms. The van der Waals surface area contributed by atoms with Crippen LogP contribution in [0, 0.1) is 5.92 Å². The zero-order valence-electron chi connectivity index (χ0n) is 10.5. The van der Waals surface area contributed by atoms with Gasteiger partial charge in [0.05, 0.1) is 0 Å². The van der Waals surface area contributed by atoms with Crippen LogP contribution in [0.15, 0.2) is 0 Å². The van der Waals surface area contributed by atoms with Gasteiger partial charge < -0.3 is 16.0 Å². The highest BCUT2D eigenvalue weighted by molar-refractivity contribution is 5.73. The van der Waals surface area contributed by atoms with E-state index in [2.05, 4.69) is 16.0 Å². The molecule has 1 rings (SSSR count). The largest absolute Gasteiger partial charge is 0.341 e. The zero-order chi connectivity index (χ0) is 11.8. The van der Waals surface area contributed by atoms with E-state index in [9.17, 15) is 4.79 Å². The van der Waals surface area contributed by atoms with E-state index in [-0.39, 0.29) is 12.1 Å². The maximum absolute atomic E-state index is 11.3. The van der Waals surface area contributed by atoms with Gasteiger partial charge in [-0.25, -0.2) is 4.79 Å². The Hall–Kier alpha value is -0.770. The second-order valence-electron chi connectivity index (χ2n) is 4.72. The average molecular weight is 227 g/mol. The summed E-state index contributed by atoms with van der Waals surface area (Å²) in [5, 5.41) is 8.76. The highest BCUT2D eigenvalue weighted by atomic mass is 16.2. The maximum atomic E-state index is 11.3. The van der Waals surface area contributed by atoms with Gasteiger partial charge in [-0.3, -0.25) is 0 Å². The molecule has 0 radical (unpaired) electrons. The minimum atomic E-state index is -0.0731. The third-order valence-electron chi connectivity index (χ3n) is 3.36. The number of hydrogen-bond acceptors (Lipinski definition) is 2. The molecule has 94 valence electrons. The first-order valence-electron chi connectivity index (χ1n) is 6.39. The monoisotopic (exact) mass is 227 g/mol. The van der Waals surface area contributed by atoms with E-state index in [1.807, 2.05) is 7.05 Å². The van der Waals surface area contributed by atoms with Crippen LogP contribution in [0.4, 0.5) is 4.79 Å². The number of carbonyl (C=O) groups is 1. The van der Waals surface area contributed by atoms with Crippen molar-refractivity contribution in [2.24, 2.45) is 5.92 Å². The Labute approximate surface area is 98.6 Å². The highest BCUT2D eigenvalue weighted by Crippen LogP contribution is 2.27. The van der Waals surface area contributed by atoms with E-state index in [0.29, 0.717) is 0 Å². The van der Waals surface area contributed by atoms with E-state index in [4.69, 9.17) is 0 Å². The topological polar surface area (TPSA) is 53.2 Å². The van der Waals surface area contributed by atoms with Gasteiger partial charge >= 0.3 is 6.03 Å². The lowest BCUT2D eigenvalue weighted by molar-refractivity contribution is 0.232.